The van der Waals surface area contributed by atoms with Gasteiger partial charge in [-0.2, -0.15) is 0 Å². The van der Waals surface area contributed by atoms with Crippen LogP contribution in [0.4, 0.5) is 13.2 Å². The van der Waals surface area contributed by atoms with Crippen LogP contribution in [0.15, 0.2) is 18.2 Å². The van der Waals surface area contributed by atoms with Gasteiger partial charge in [-0.05, 0) is 34.7 Å². The maximum absolute atomic E-state index is 11.9. The third-order valence-corrected chi connectivity index (χ3v) is 3.43. The highest BCUT2D eigenvalue weighted by molar-refractivity contribution is 14.1. The van der Waals surface area contributed by atoms with E-state index in [-0.39, 0.29) is 11.1 Å². The zero-order chi connectivity index (χ0) is 14.2. The molecule has 0 radical (unpaired) electrons. The number of imide groups is 1. The molecule has 1 aliphatic rings. The zero-order valence-corrected chi connectivity index (χ0v) is 11.5. The monoisotopic (exact) mass is 385 g/mol. The highest BCUT2D eigenvalue weighted by Crippen LogP contribution is 2.27. The fourth-order valence-electron chi connectivity index (χ4n) is 1.75. The first kappa shape index (κ1) is 14.3. The summed E-state index contributed by atoms with van der Waals surface area (Å²) in [6, 6.07) is 4.74. The SMILES string of the molecule is O=C1c2cccc(I)c2C(=O)N1CCOC(F)(F)F. The van der Waals surface area contributed by atoms with Crippen molar-refractivity contribution in [3.05, 3.63) is 32.9 Å². The summed E-state index contributed by atoms with van der Waals surface area (Å²) in [5, 5.41) is 0. The van der Waals surface area contributed by atoms with E-state index in [1.165, 1.54) is 6.07 Å². The van der Waals surface area contributed by atoms with Gasteiger partial charge in [-0.25, -0.2) is 0 Å². The molecule has 0 N–H and O–H groups in total. The molecular formula is C11H7F3INO3. The van der Waals surface area contributed by atoms with E-state index in [9.17, 15) is 22.8 Å². The lowest BCUT2D eigenvalue weighted by molar-refractivity contribution is -0.324. The molecule has 0 aliphatic carbocycles. The number of benzene rings is 1. The molecule has 0 fully saturated rings. The van der Waals surface area contributed by atoms with E-state index >= 15 is 0 Å². The van der Waals surface area contributed by atoms with Gasteiger partial charge in [0.25, 0.3) is 11.8 Å². The van der Waals surface area contributed by atoms with Gasteiger partial charge in [-0.15, -0.1) is 13.2 Å². The van der Waals surface area contributed by atoms with Gasteiger partial charge in [-0.1, -0.05) is 6.07 Å². The number of rotatable bonds is 3. The summed E-state index contributed by atoms with van der Waals surface area (Å²) in [5.74, 6) is -1.18. The molecule has 102 valence electrons. The van der Waals surface area contributed by atoms with E-state index < -0.39 is 31.3 Å². The fourth-order valence-corrected chi connectivity index (χ4v) is 2.48. The second kappa shape index (κ2) is 5.08. The van der Waals surface area contributed by atoms with E-state index in [0.29, 0.717) is 3.57 Å². The Morgan fingerprint density at radius 1 is 1.21 bits per heavy atom. The number of carbonyl (C=O) groups is 2. The van der Waals surface area contributed by atoms with Crippen molar-refractivity contribution in [3.63, 3.8) is 0 Å². The van der Waals surface area contributed by atoms with Gasteiger partial charge in [0.2, 0.25) is 0 Å². The van der Waals surface area contributed by atoms with Crippen LogP contribution in [0.3, 0.4) is 0 Å². The highest BCUT2D eigenvalue weighted by atomic mass is 127. The molecule has 0 atom stereocenters. The molecule has 0 aromatic heterocycles. The predicted molar refractivity (Wildman–Crippen MR) is 66.5 cm³/mol. The van der Waals surface area contributed by atoms with Gasteiger partial charge < -0.3 is 0 Å². The van der Waals surface area contributed by atoms with Crippen molar-refractivity contribution in [3.8, 4) is 0 Å². The molecule has 1 aromatic carbocycles. The van der Waals surface area contributed by atoms with Crippen LogP contribution in [0.5, 0.6) is 0 Å². The molecule has 1 aliphatic heterocycles. The molecule has 4 nitrogen and oxygen atoms in total. The number of ether oxygens (including phenoxy) is 1. The fraction of sp³-hybridized carbons (Fsp3) is 0.273. The van der Waals surface area contributed by atoms with E-state index in [2.05, 4.69) is 4.74 Å². The number of amides is 2. The van der Waals surface area contributed by atoms with Gasteiger partial charge in [0, 0.05) is 3.57 Å². The van der Waals surface area contributed by atoms with Crippen molar-refractivity contribution >= 4 is 34.4 Å². The van der Waals surface area contributed by atoms with Gasteiger partial charge in [-0.3, -0.25) is 19.2 Å². The normalized spacial score (nSPS) is 15.1. The molecule has 2 amide bonds. The highest BCUT2D eigenvalue weighted by Gasteiger charge is 2.37. The topological polar surface area (TPSA) is 46.6 Å². The summed E-state index contributed by atoms with van der Waals surface area (Å²) in [4.78, 5) is 24.6. The van der Waals surface area contributed by atoms with Crippen molar-refractivity contribution in [2.75, 3.05) is 13.2 Å². The maximum atomic E-state index is 11.9. The van der Waals surface area contributed by atoms with Crippen molar-refractivity contribution < 1.29 is 27.5 Å². The quantitative estimate of drug-likeness (QED) is 0.593. The van der Waals surface area contributed by atoms with Gasteiger partial charge >= 0.3 is 6.36 Å². The number of nitrogens with zero attached hydrogens (tertiary/aromatic N) is 1. The molecule has 2 rings (SSSR count). The number of carbonyl (C=O) groups excluding carboxylic acids is 2. The van der Waals surface area contributed by atoms with E-state index in [0.717, 1.165) is 4.90 Å². The Balaban J connectivity index is 2.13. The van der Waals surface area contributed by atoms with Crippen LogP contribution in [0, 0.1) is 3.57 Å². The first-order valence-electron chi connectivity index (χ1n) is 5.16. The third kappa shape index (κ3) is 2.89. The summed E-state index contributed by atoms with van der Waals surface area (Å²) in [5.41, 5.74) is 0.448. The largest absolute Gasteiger partial charge is 0.522 e. The Morgan fingerprint density at radius 2 is 1.89 bits per heavy atom. The molecule has 8 heteroatoms. The summed E-state index contributed by atoms with van der Waals surface area (Å²) in [6.07, 6.45) is -4.77. The van der Waals surface area contributed by atoms with Crippen LogP contribution >= 0.6 is 22.6 Å². The van der Waals surface area contributed by atoms with E-state index in [1.807, 2.05) is 22.6 Å². The van der Waals surface area contributed by atoms with Crippen LogP contribution in [-0.4, -0.2) is 36.2 Å². The first-order chi connectivity index (χ1) is 8.81. The third-order valence-electron chi connectivity index (χ3n) is 2.53. The van der Waals surface area contributed by atoms with E-state index in [4.69, 9.17) is 0 Å². The molecular weight excluding hydrogens is 378 g/mol. The molecule has 19 heavy (non-hydrogen) atoms. The van der Waals surface area contributed by atoms with Crippen molar-refractivity contribution in [1.29, 1.82) is 0 Å². The molecule has 0 bridgehead atoms. The molecule has 0 saturated heterocycles. The van der Waals surface area contributed by atoms with Crippen LogP contribution in [-0.2, 0) is 4.74 Å². The zero-order valence-electron chi connectivity index (χ0n) is 9.33. The second-order valence-electron chi connectivity index (χ2n) is 3.72. The Morgan fingerprint density at radius 3 is 2.47 bits per heavy atom. The Kier molecular flexibility index (Phi) is 3.81. The molecule has 0 saturated carbocycles. The number of alkyl halides is 3. The second-order valence-corrected chi connectivity index (χ2v) is 4.88. The first-order valence-corrected chi connectivity index (χ1v) is 6.24. The lowest BCUT2D eigenvalue weighted by Gasteiger charge is -2.14. The molecule has 1 aromatic rings. The number of hydrogen-bond acceptors (Lipinski definition) is 3. The summed E-state index contributed by atoms with van der Waals surface area (Å²) < 4.78 is 39.7. The number of hydrogen-bond donors (Lipinski definition) is 0. The van der Waals surface area contributed by atoms with E-state index in [1.54, 1.807) is 12.1 Å². The van der Waals surface area contributed by atoms with Crippen molar-refractivity contribution in [2.45, 2.75) is 6.36 Å². The Bertz CT molecular complexity index is 544. The maximum Gasteiger partial charge on any atom is 0.522 e. The number of fused-ring (bicyclic) bond motifs is 1. The standard InChI is InChI=1S/C11H7F3INO3/c12-11(13,14)19-5-4-16-9(17)6-2-1-3-7(15)8(6)10(16)18/h1-3H,4-5H2. The summed E-state index contributed by atoms with van der Waals surface area (Å²) in [7, 11) is 0. The van der Waals surface area contributed by atoms with Crippen LogP contribution in [0.1, 0.15) is 20.7 Å². The smallest absolute Gasteiger partial charge is 0.290 e. The average molecular weight is 385 g/mol. The van der Waals surface area contributed by atoms with Gasteiger partial charge in [0.05, 0.1) is 24.3 Å². The minimum Gasteiger partial charge on any atom is -0.290 e. The molecule has 1 heterocycles. The minimum atomic E-state index is -4.77. The Hall–Kier alpha value is -1.16. The lowest BCUT2D eigenvalue weighted by Crippen LogP contribution is -2.34. The molecule has 0 unspecified atom stereocenters. The van der Waals surface area contributed by atoms with Gasteiger partial charge in [0.15, 0.2) is 0 Å². The van der Waals surface area contributed by atoms with Crippen molar-refractivity contribution in [1.82, 2.24) is 4.90 Å². The molecule has 0 spiro atoms. The predicted octanol–water partition coefficient (Wildman–Crippen LogP) is 2.42. The minimum absolute atomic E-state index is 0.212. The van der Waals surface area contributed by atoms with Crippen LogP contribution in [0.25, 0.3) is 0 Å². The summed E-state index contributed by atoms with van der Waals surface area (Å²) >= 11 is 1.90. The lowest BCUT2D eigenvalue weighted by atomic mass is 10.1. The summed E-state index contributed by atoms with van der Waals surface area (Å²) in [6.45, 7) is -1.20. The van der Waals surface area contributed by atoms with Gasteiger partial charge in [0.1, 0.15) is 0 Å². The average Bonchev–Trinajstić information content (AvgIpc) is 2.54. The van der Waals surface area contributed by atoms with Crippen LogP contribution < -0.4 is 0 Å². The van der Waals surface area contributed by atoms with Crippen LogP contribution in [0.2, 0.25) is 0 Å². The van der Waals surface area contributed by atoms with Crippen molar-refractivity contribution in [2.24, 2.45) is 0 Å². The number of halogens is 4. The Labute approximate surface area is 119 Å².